The van der Waals surface area contributed by atoms with E-state index in [1.165, 1.54) is 0 Å². The fourth-order valence-electron chi connectivity index (χ4n) is 3.05. The monoisotopic (exact) mass is 335 g/mol. The summed E-state index contributed by atoms with van der Waals surface area (Å²) in [5.41, 5.74) is 1.85. The van der Waals surface area contributed by atoms with E-state index in [0.717, 1.165) is 11.1 Å². The Balaban J connectivity index is 1.76. The van der Waals surface area contributed by atoms with E-state index < -0.39 is 10.0 Å². The molecular formula is C16H21N3O3S. The Bertz CT molecular complexity index is 806. The number of hydrogen-bond acceptors (Lipinski definition) is 5. The van der Waals surface area contributed by atoms with Crippen molar-refractivity contribution in [3.63, 3.8) is 0 Å². The summed E-state index contributed by atoms with van der Waals surface area (Å²) in [6.45, 7) is 6.51. The summed E-state index contributed by atoms with van der Waals surface area (Å²) in [4.78, 5) is 0.398. The summed E-state index contributed by atoms with van der Waals surface area (Å²) < 4.78 is 32.7. The lowest BCUT2D eigenvalue weighted by molar-refractivity contribution is 0.287. The molecular weight excluding hydrogens is 314 g/mol. The Morgan fingerprint density at radius 2 is 1.83 bits per heavy atom. The fourth-order valence-corrected chi connectivity index (χ4v) is 4.72. The Labute approximate surface area is 136 Å². The first kappa shape index (κ1) is 16.1. The second-order valence-electron chi connectivity index (χ2n) is 6.11. The topological polar surface area (TPSA) is 76.3 Å². The van der Waals surface area contributed by atoms with Crippen LogP contribution in [0.2, 0.25) is 0 Å². The zero-order valence-electron chi connectivity index (χ0n) is 13.6. The van der Waals surface area contributed by atoms with Gasteiger partial charge in [-0.2, -0.15) is 4.31 Å². The molecule has 0 spiro atoms. The third kappa shape index (κ3) is 3.16. The molecule has 0 aliphatic carbocycles. The van der Waals surface area contributed by atoms with E-state index in [2.05, 4.69) is 10.2 Å². The van der Waals surface area contributed by atoms with Crippen molar-refractivity contribution in [3.8, 4) is 0 Å². The molecule has 0 N–H and O–H groups in total. The number of aromatic nitrogens is 2. The van der Waals surface area contributed by atoms with Gasteiger partial charge in [0, 0.05) is 25.9 Å². The zero-order chi connectivity index (χ0) is 16.6. The summed E-state index contributed by atoms with van der Waals surface area (Å²) in [6.07, 6.45) is 1.40. The van der Waals surface area contributed by atoms with E-state index >= 15 is 0 Å². The zero-order valence-corrected chi connectivity index (χ0v) is 14.4. The number of hydrogen-bond donors (Lipinski definition) is 0. The van der Waals surface area contributed by atoms with Crippen LogP contribution in [0.15, 0.2) is 27.5 Å². The maximum atomic E-state index is 12.8. The Morgan fingerprint density at radius 1 is 1.13 bits per heavy atom. The van der Waals surface area contributed by atoms with Crippen LogP contribution in [-0.4, -0.2) is 36.0 Å². The third-order valence-electron chi connectivity index (χ3n) is 4.29. The van der Waals surface area contributed by atoms with Crippen LogP contribution in [0.1, 0.15) is 41.7 Å². The van der Waals surface area contributed by atoms with Crippen LogP contribution in [0.3, 0.4) is 0 Å². The summed E-state index contributed by atoms with van der Waals surface area (Å²) in [5.74, 6) is 1.30. The number of aryl methyl sites for hydroxylation is 3. The van der Waals surface area contributed by atoms with Crippen LogP contribution in [0.4, 0.5) is 0 Å². The average Bonchev–Trinajstić information content (AvgIpc) is 2.93. The van der Waals surface area contributed by atoms with E-state index in [0.29, 0.717) is 42.6 Å². The second-order valence-corrected chi connectivity index (χ2v) is 8.01. The second kappa shape index (κ2) is 6.05. The molecule has 3 rings (SSSR count). The van der Waals surface area contributed by atoms with Gasteiger partial charge in [-0.1, -0.05) is 17.7 Å². The summed E-state index contributed by atoms with van der Waals surface area (Å²) in [5, 5.41) is 7.90. The molecule has 1 aromatic heterocycles. The van der Waals surface area contributed by atoms with Gasteiger partial charge >= 0.3 is 0 Å². The number of rotatable bonds is 3. The predicted octanol–water partition coefficient (Wildman–Crippen LogP) is 2.56. The van der Waals surface area contributed by atoms with Crippen LogP contribution in [0.25, 0.3) is 0 Å². The van der Waals surface area contributed by atoms with Crippen LogP contribution >= 0.6 is 0 Å². The van der Waals surface area contributed by atoms with E-state index in [4.69, 9.17) is 4.42 Å². The lowest BCUT2D eigenvalue weighted by Gasteiger charge is -2.30. The van der Waals surface area contributed by atoms with Gasteiger partial charge in [-0.25, -0.2) is 8.42 Å². The van der Waals surface area contributed by atoms with Crippen LogP contribution in [0.5, 0.6) is 0 Å². The molecule has 1 aromatic carbocycles. The summed E-state index contributed by atoms with van der Waals surface area (Å²) in [7, 11) is -3.44. The van der Waals surface area contributed by atoms with E-state index in [9.17, 15) is 8.42 Å². The Kier molecular flexibility index (Phi) is 4.25. The van der Waals surface area contributed by atoms with E-state index in [1.54, 1.807) is 17.3 Å². The van der Waals surface area contributed by atoms with Gasteiger partial charge in [-0.15, -0.1) is 10.2 Å². The van der Waals surface area contributed by atoms with Gasteiger partial charge in [-0.3, -0.25) is 0 Å². The highest BCUT2D eigenvalue weighted by Gasteiger charge is 2.32. The number of sulfonamides is 1. The lowest BCUT2D eigenvalue weighted by atomic mass is 9.98. The molecule has 0 atom stereocenters. The molecule has 0 bridgehead atoms. The molecule has 0 amide bonds. The number of benzene rings is 1. The van der Waals surface area contributed by atoms with Gasteiger partial charge in [0.25, 0.3) is 0 Å². The van der Waals surface area contributed by atoms with Gasteiger partial charge in [0.15, 0.2) is 0 Å². The molecule has 1 fully saturated rings. The first-order valence-corrected chi connectivity index (χ1v) is 9.19. The maximum Gasteiger partial charge on any atom is 0.243 e. The molecule has 124 valence electrons. The minimum Gasteiger partial charge on any atom is -0.425 e. The highest BCUT2D eigenvalue weighted by atomic mass is 32.2. The van der Waals surface area contributed by atoms with Gasteiger partial charge < -0.3 is 4.42 Å². The highest BCUT2D eigenvalue weighted by molar-refractivity contribution is 7.89. The predicted molar refractivity (Wildman–Crippen MR) is 85.7 cm³/mol. The summed E-state index contributed by atoms with van der Waals surface area (Å²) >= 11 is 0. The molecule has 0 saturated carbocycles. The highest BCUT2D eigenvalue weighted by Crippen LogP contribution is 2.30. The van der Waals surface area contributed by atoms with Gasteiger partial charge in [-0.05, 0) is 38.3 Å². The van der Waals surface area contributed by atoms with Gasteiger partial charge in [0.05, 0.1) is 4.90 Å². The van der Waals surface area contributed by atoms with Crippen molar-refractivity contribution in [1.82, 2.24) is 14.5 Å². The van der Waals surface area contributed by atoms with Gasteiger partial charge in [0.1, 0.15) is 0 Å². The molecule has 0 unspecified atom stereocenters. The van der Waals surface area contributed by atoms with Crippen LogP contribution in [-0.2, 0) is 10.0 Å². The van der Waals surface area contributed by atoms with E-state index in [-0.39, 0.29) is 5.92 Å². The largest absolute Gasteiger partial charge is 0.425 e. The first-order valence-electron chi connectivity index (χ1n) is 7.75. The maximum absolute atomic E-state index is 12.8. The van der Waals surface area contributed by atoms with Crippen molar-refractivity contribution in [2.24, 2.45) is 0 Å². The average molecular weight is 335 g/mol. The molecule has 2 heterocycles. The molecule has 2 aromatic rings. The molecule has 1 aliphatic heterocycles. The van der Waals surface area contributed by atoms with Gasteiger partial charge in [0.2, 0.25) is 21.8 Å². The van der Waals surface area contributed by atoms with Crippen molar-refractivity contribution in [1.29, 1.82) is 0 Å². The molecule has 1 aliphatic rings. The number of piperidine rings is 1. The Morgan fingerprint density at radius 3 is 2.39 bits per heavy atom. The number of nitrogens with zero attached hydrogens (tertiary/aromatic N) is 3. The Hall–Kier alpha value is -1.73. The smallest absolute Gasteiger partial charge is 0.243 e. The molecule has 1 saturated heterocycles. The molecule has 0 radical (unpaired) electrons. The normalized spacial score (nSPS) is 17.5. The minimum atomic E-state index is -3.44. The quantitative estimate of drug-likeness (QED) is 0.861. The van der Waals surface area contributed by atoms with Crippen LogP contribution < -0.4 is 0 Å². The van der Waals surface area contributed by atoms with Crippen molar-refractivity contribution < 1.29 is 12.8 Å². The summed E-state index contributed by atoms with van der Waals surface area (Å²) in [6, 6.07) is 5.45. The lowest BCUT2D eigenvalue weighted by Crippen LogP contribution is -2.38. The first-order chi connectivity index (χ1) is 10.9. The van der Waals surface area contributed by atoms with Crippen molar-refractivity contribution in [2.45, 2.75) is 44.4 Å². The standard InChI is InChI=1S/C16H21N3O3S/c1-11-4-5-15(12(2)10-11)23(20,21)19-8-6-14(7-9-19)16-18-17-13(3)22-16/h4-5,10,14H,6-9H2,1-3H3. The minimum absolute atomic E-state index is 0.141. The molecule has 23 heavy (non-hydrogen) atoms. The molecule has 7 heteroatoms. The molecule has 6 nitrogen and oxygen atoms in total. The fraction of sp³-hybridized carbons (Fsp3) is 0.500. The van der Waals surface area contributed by atoms with Crippen LogP contribution in [0, 0.1) is 20.8 Å². The SMILES string of the molecule is Cc1ccc(S(=O)(=O)N2CCC(c3nnc(C)o3)CC2)c(C)c1. The van der Waals surface area contributed by atoms with Crippen molar-refractivity contribution in [3.05, 3.63) is 41.1 Å². The third-order valence-corrected chi connectivity index (χ3v) is 6.35. The van der Waals surface area contributed by atoms with Crippen molar-refractivity contribution in [2.75, 3.05) is 13.1 Å². The van der Waals surface area contributed by atoms with E-state index in [1.807, 2.05) is 26.0 Å². The van der Waals surface area contributed by atoms with Crippen molar-refractivity contribution >= 4 is 10.0 Å².